The Hall–Kier alpha value is -3.24. The predicted octanol–water partition coefficient (Wildman–Crippen LogP) is 6.47. The van der Waals surface area contributed by atoms with Crippen LogP contribution in [-0.2, 0) is 5.41 Å². The van der Waals surface area contributed by atoms with Gasteiger partial charge in [0.15, 0.2) is 0 Å². The van der Waals surface area contributed by atoms with Gasteiger partial charge < -0.3 is 4.98 Å². The second-order valence-corrected chi connectivity index (χ2v) is 7.62. The molecular formula is C27H25N. The van der Waals surface area contributed by atoms with Gasteiger partial charge in [0.25, 0.3) is 0 Å². The number of hydrogen-bond acceptors (Lipinski definition) is 0. The Balaban J connectivity index is 2.06. The minimum absolute atomic E-state index is 0.295. The molecule has 1 N–H and O–H groups in total. The first-order chi connectivity index (χ1) is 13.6. The Morgan fingerprint density at radius 2 is 1.39 bits per heavy atom. The van der Waals surface area contributed by atoms with E-state index in [1.807, 2.05) is 18.2 Å². The highest BCUT2D eigenvalue weighted by Crippen LogP contribution is 2.44. The lowest BCUT2D eigenvalue weighted by Gasteiger charge is -2.34. The number of benzene rings is 3. The van der Waals surface area contributed by atoms with Crippen molar-refractivity contribution in [3.8, 4) is 11.8 Å². The van der Waals surface area contributed by atoms with Crippen LogP contribution < -0.4 is 0 Å². The maximum absolute atomic E-state index is 3.73. The summed E-state index contributed by atoms with van der Waals surface area (Å²) in [4.78, 5) is 3.59. The Labute approximate surface area is 167 Å². The first-order valence-electron chi connectivity index (χ1n) is 9.84. The normalized spacial score (nSPS) is 13.1. The molecule has 1 heterocycles. The van der Waals surface area contributed by atoms with E-state index in [4.69, 9.17) is 0 Å². The molecule has 1 unspecified atom stereocenters. The predicted molar refractivity (Wildman–Crippen MR) is 118 cm³/mol. The third-order valence-corrected chi connectivity index (χ3v) is 5.56. The lowest BCUT2D eigenvalue weighted by Crippen LogP contribution is -2.33. The average molecular weight is 364 g/mol. The first kappa shape index (κ1) is 18.1. The third kappa shape index (κ3) is 3.02. The van der Waals surface area contributed by atoms with Crippen LogP contribution in [0.25, 0.3) is 10.9 Å². The quantitative estimate of drug-likeness (QED) is 0.402. The molecule has 0 saturated heterocycles. The number of nitrogens with one attached hydrogen (secondary N) is 1. The monoisotopic (exact) mass is 363 g/mol. The number of H-pyrrole nitrogens is 1. The molecule has 0 aliphatic rings. The molecule has 0 aliphatic carbocycles. The zero-order chi connectivity index (χ0) is 19.6. The van der Waals surface area contributed by atoms with E-state index in [1.54, 1.807) is 0 Å². The molecule has 0 spiro atoms. The summed E-state index contributed by atoms with van der Waals surface area (Å²) in [5.74, 6) is 7.51. The van der Waals surface area contributed by atoms with Crippen molar-refractivity contribution < 1.29 is 0 Å². The lowest BCUT2D eigenvalue weighted by atomic mass is 9.66. The largest absolute Gasteiger partial charge is 0.358 e. The summed E-state index contributed by atoms with van der Waals surface area (Å²) < 4.78 is 0. The summed E-state index contributed by atoms with van der Waals surface area (Å²) >= 11 is 0. The standard InChI is InChI=1S/C27H25N/c1-20(2)27(23-14-8-5-9-15-23,19-18-22-12-6-4-7-13-22)26-21(3)28-25-17-11-10-16-24(25)26/h4-17,20,28H,1-3H3. The smallest absolute Gasteiger partial charge is 0.0861 e. The molecule has 0 aliphatic heterocycles. The molecule has 3 aromatic carbocycles. The maximum Gasteiger partial charge on any atom is 0.0861 e. The highest BCUT2D eigenvalue weighted by molar-refractivity contribution is 5.87. The summed E-state index contributed by atoms with van der Waals surface area (Å²) in [5.41, 5.74) is 5.51. The van der Waals surface area contributed by atoms with E-state index in [-0.39, 0.29) is 0 Å². The highest BCUT2D eigenvalue weighted by Gasteiger charge is 2.39. The van der Waals surface area contributed by atoms with Gasteiger partial charge in [-0.2, -0.15) is 0 Å². The van der Waals surface area contributed by atoms with Crippen LogP contribution in [0.1, 0.15) is 36.2 Å². The van der Waals surface area contributed by atoms with Crippen molar-refractivity contribution in [2.75, 3.05) is 0 Å². The van der Waals surface area contributed by atoms with Gasteiger partial charge in [0, 0.05) is 27.7 Å². The Kier molecular flexibility index (Phi) is 4.80. The van der Waals surface area contributed by atoms with Crippen LogP contribution in [0.3, 0.4) is 0 Å². The molecule has 1 aromatic heterocycles. The van der Waals surface area contributed by atoms with Crippen LogP contribution in [0.4, 0.5) is 0 Å². The minimum Gasteiger partial charge on any atom is -0.358 e. The summed E-state index contributed by atoms with van der Waals surface area (Å²) in [6.45, 7) is 6.71. The second kappa shape index (κ2) is 7.41. The summed E-state index contributed by atoms with van der Waals surface area (Å²) in [6.07, 6.45) is 0. The van der Waals surface area contributed by atoms with Gasteiger partial charge in [-0.25, -0.2) is 0 Å². The number of rotatable bonds is 3. The van der Waals surface area contributed by atoms with E-state index < -0.39 is 5.41 Å². The molecular weight excluding hydrogens is 338 g/mol. The number of para-hydroxylation sites is 1. The molecule has 0 fully saturated rings. The third-order valence-electron chi connectivity index (χ3n) is 5.56. The SMILES string of the molecule is Cc1[nH]c2ccccc2c1C(C#Cc1ccccc1)(c1ccccc1)C(C)C. The van der Waals surface area contributed by atoms with E-state index in [2.05, 4.69) is 104 Å². The Morgan fingerprint density at radius 1 is 0.786 bits per heavy atom. The highest BCUT2D eigenvalue weighted by atomic mass is 14.7. The van der Waals surface area contributed by atoms with Gasteiger partial charge in [-0.15, -0.1) is 0 Å². The van der Waals surface area contributed by atoms with Crippen molar-refractivity contribution in [2.45, 2.75) is 26.2 Å². The molecule has 0 bridgehead atoms. The van der Waals surface area contributed by atoms with Gasteiger partial charge in [0.05, 0.1) is 5.41 Å². The molecule has 4 rings (SSSR count). The fourth-order valence-electron chi connectivity index (χ4n) is 4.22. The van der Waals surface area contributed by atoms with Crippen LogP contribution in [0.5, 0.6) is 0 Å². The van der Waals surface area contributed by atoms with Crippen LogP contribution in [0.2, 0.25) is 0 Å². The molecule has 1 atom stereocenters. The number of aromatic amines is 1. The first-order valence-corrected chi connectivity index (χ1v) is 9.84. The van der Waals surface area contributed by atoms with Crippen molar-refractivity contribution in [3.63, 3.8) is 0 Å². The molecule has 0 saturated carbocycles. The van der Waals surface area contributed by atoms with Crippen LogP contribution >= 0.6 is 0 Å². The number of aromatic nitrogens is 1. The van der Waals surface area contributed by atoms with Crippen molar-refractivity contribution in [1.29, 1.82) is 0 Å². The fourth-order valence-corrected chi connectivity index (χ4v) is 4.22. The second-order valence-electron chi connectivity index (χ2n) is 7.62. The Morgan fingerprint density at radius 3 is 2.07 bits per heavy atom. The van der Waals surface area contributed by atoms with Crippen LogP contribution in [0.15, 0.2) is 84.9 Å². The van der Waals surface area contributed by atoms with Gasteiger partial charge >= 0.3 is 0 Å². The maximum atomic E-state index is 3.73. The van der Waals surface area contributed by atoms with Crippen LogP contribution in [-0.4, -0.2) is 4.98 Å². The average Bonchev–Trinajstić information content (AvgIpc) is 3.06. The summed E-state index contributed by atoms with van der Waals surface area (Å²) in [6, 6.07) is 29.5. The number of aryl methyl sites for hydroxylation is 1. The van der Waals surface area contributed by atoms with E-state index >= 15 is 0 Å². The van der Waals surface area contributed by atoms with Crippen molar-refractivity contribution in [1.82, 2.24) is 4.98 Å². The zero-order valence-corrected chi connectivity index (χ0v) is 16.7. The van der Waals surface area contributed by atoms with Gasteiger partial charge in [-0.3, -0.25) is 0 Å². The molecule has 138 valence electrons. The number of hydrogen-bond donors (Lipinski definition) is 1. The molecule has 0 radical (unpaired) electrons. The summed E-state index contributed by atoms with van der Waals surface area (Å²) in [5, 5.41) is 1.25. The zero-order valence-electron chi connectivity index (χ0n) is 16.7. The van der Waals surface area contributed by atoms with Crippen molar-refractivity contribution >= 4 is 10.9 Å². The number of fused-ring (bicyclic) bond motifs is 1. The van der Waals surface area contributed by atoms with Crippen molar-refractivity contribution in [2.24, 2.45) is 5.92 Å². The van der Waals surface area contributed by atoms with Crippen molar-refractivity contribution in [3.05, 3.63) is 107 Å². The molecule has 1 heteroatoms. The van der Waals surface area contributed by atoms with Gasteiger partial charge in [0.2, 0.25) is 0 Å². The van der Waals surface area contributed by atoms with Gasteiger partial charge in [0.1, 0.15) is 0 Å². The van der Waals surface area contributed by atoms with E-state index in [0.29, 0.717) is 5.92 Å². The Bertz CT molecular complexity index is 1140. The van der Waals surface area contributed by atoms with E-state index in [1.165, 1.54) is 22.2 Å². The van der Waals surface area contributed by atoms with Crippen LogP contribution in [0, 0.1) is 24.7 Å². The fraction of sp³-hybridized carbons (Fsp3) is 0.185. The van der Waals surface area contributed by atoms with E-state index in [0.717, 1.165) is 11.1 Å². The molecule has 28 heavy (non-hydrogen) atoms. The topological polar surface area (TPSA) is 15.8 Å². The van der Waals surface area contributed by atoms with E-state index in [9.17, 15) is 0 Å². The van der Waals surface area contributed by atoms with Gasteiger partial charge in [-0.05, 0) is 36.6 Å². The molecule has 1 nitrogen and oxygen atoms in total. The lowest BCUT2D eigenvalue weighted by molar-refractivity contribution is 0.469. The minimum atomic E-state index is -0.402. The molecule has 0 amide bonds. The van der Waals surface area contributed by atoms with Gasteiger partial charge in [-0.1, -0.05) is 92.4 Å². The summed E-state index contributed by atoms with van der Waals surface area (Å²) in [7, 11) is 0. The molecule has 4 aromatic rings.